The molecule has 0 N–H and O–H groups in total. The number of hydrogen-bond acceptors (Lipinski definition) is 3. The number of carbonyl (C=O) groups is 2. The van der Waals surface area contributed by atoms with Gasteiger partial charge in [0.1, 0.15) is 0 Å². The van der Waals surface area contributed by atoms with Crippen molar-refractivity contribution in [3.63, 3.8) is 0 Å². The van der Waals surface area contributed by atoms with Crippen molar-refractivity contribution in [1.82, 2.24) is 4.90 Å². The first-order chi connectivity index (χ1) is 12.1. The van der Waals surface area contributed by atoms with E-state index in [1.54, 1.807) is 0 Å². The van der Waals surface area contributed by atoms with E-state index in [-0.39, 0.29) is 17.8 Å². The van der Waals surface area contributed by atoms with Gasteiger partial charge >= 0.3 is 5.97 Å². The lowest BCUT2D eigenvalue weighted by molar-refractivity contribution is -0.150. The second-order valence-electron chi connectivity index (χ2n) is 7.24. The molecular weight excluding hydrogens is 338 g/mol. The number of methoxy groups -OCH3 is 1. The van der Waals surface area contributed by atoms with Crippen molar-refractivity contribution in [3.05, 3.63) is 34.9 Å². The fourth-order valence-electron chi connectivity index (χ4n) is 4.36. The summed E-state index contributed by atoms with van der Waals surface area (Å²) in [6.07, 6.45) is 6.44. The average Bonchev–Trinajstić information content (AvgIpc) is 2.67. The minimum atomic E-state index is -0.457. The molecular formula is C20H26ClNO3. The van der Waals surface area contributed by atoms with Crippen LogP contribution in [-0.2, 0) is 19.7 Å². The van der Waals surface area contributed by atoms with Gasteiger partial charge in [-0.3, -0.25) is 9.59 Å². The fraction of sp³-hybridized carbons (Fsp3) is 0.600. The molecule has 1 aliphatic carbocycles. The topological polar surface area (TPSA) is 46.6 Å². The number of amides is 1. The Morgan fingerprint density at radius 1 is 1.16 bits per heavy atom. The summed E-state index contributed by atoms with van der Waals surface area (Å²) in [4.78, 5) is 27.2. The first-order valence-corrected chi connectivity index (χ1v) is 9.58. The average molecular weight is 364 g/mol. The van der Waals surface area contributed by atoms with Crippen molar-refractivity contribution in [3.8, 4) is 0 Å². The van der Waals surface area contributed by atoms with Crippen LogP contribution in [0.1, 0.15) is 50.5 Å². The highest BCUT2D eigenvalue weighted by molar-refractivity contribution is 6.30. The van der Waals surface area contributed by atoms with Crippen LogP contribution in [0.15, 0.2) is 24.3 Å². The van der Waals surface area contributed by atoms with Crippen LogP contribution in [0, 0.1) is 5.92 Å². The molecule has 136 valence electrons. The molecule has 3 rings (SSSR count). The Kier molecular flexibility index (Phi) is 5.67. The summed E-state index contributed by atoms with van der Waals surface area (Å²) in [5, 5.41) is 0.680. The number of carbonyl (C=O) groups excluding carboxylic acids is 2. The van der Waals surface area contributed by atoms with Gasteiger partial charge in [-0.1, -0.05) is 43.0 Å². The molecule has 0 radical (unpaired) electrons. The molecule has 0 unspecified atom stereocenters. The van der Waals surface area contributed by atoms with E-state index in [4.69, 9.17) is 16.3 Å². The molecule has 4 nitrogen and oxygen atoms in total. The SMILES string of the molecule is COC(=O)C1CCN(C(=O)C2(c3cccc(Cl)c3)CCCCC2)CC1. The highest BCUT2D eigenvalue weighted by Gasteiger charge is 2.44. The number of halogens is 1. The lowest BCUT2D eigenvalue weighted by Gasteiger charge is -2.42. The Hall–Kier alpha value is -1.55. The van der Waals surface area contributed by atoms with Gasteiger partial charge in [0, 0.05) is 18.1 Å². The van der Waals surface area contributed by atoms with Crippen LogP contribution >= 0.6 is 11.6 Å². The summed E-state index contributed by atoms with van der Waals surface area (Å²) in [6.45, 7) is 1.25. The van der Waals surface area contributed by atoms with E-state index in [1.165, 1.54) is 13.5 Å². The van der Waals surface area contributed by atoms with Gasteiger partial charge in [-0.25, -0.2) is 0 Å². The van der Waals surface area contributed by atoms with Crippen LogP contribution < -0.4 is 0 Å². The minimum Gasteiger partial charge on any atom is -0.469 e. The Balaban J connectivity index is 1.80. The van der Waals surface area contributed by atoms with E-state index in [0.717, 1.165) is 31.2 Å². The molecule has 0 bridgehead atoms. The van der Waals surface area contributed by atoms with Gasteiger partial charge in [0.25, 0.3) is 0 Å². The molecule has 0 atom stereocenters. The van der Waals surface area contributed by atoms with Crippen molar-refractivity contribution in [2.45, 2.75) is 50.4 Å². The molecule has 5 heteroatoms. The highest BCUT2D eigenvalue weighted by atomic mass is 35.5. The van der Waals surface area contributed by atoms with E-state index in [0.29, 0.717) is 31.0 Å². The molecule has 1 heterocycles. The number of rotatable bonds is 3. The van der Waals surface area contributed by atoms with E-state index < -0.39 is 5.41 Å². The van der Waals surface area contributed by atoms with Crippen LogP contribution in [0.4, 0.5) is 0 Å². The van der Waals surface area contributed by atoms with Crippen LogP contribution in [0.2, 0.25) is 5.02 Å². The van der Waals surface area contributed by atoms with Crippen LogP contribution in [-0.4, -0.2) is 37.0 Å². The van der Waals surface area contributed by atoms with E-state index in [1.807, 2.05) is 29.2 Å². The third-order valence-corrected chi connectivity index (χ3v) is 6.05. The van der Waals surface area contributed by atoms with Crippen molar-refractivity contribution in [2.75, 3.05) is 20.2 Å². The predicted molar refractivity (Wildman–Crippen MR) is 97.5 cm³/mol. The molecule has 1 saturated carbocycles. The van der Waals surface area contributed by atoms with Gasteiger partial charge in [-0.05, 0) is 43.4 Å². The molecule has 0 aromatic heterocycles. The maximum atomic E-state index is 13.5. The zero-order chi connectivity index (χ0) is 17.9. The summed E-state index contributed by atoms with van der Waals surface area (Å²) in [6, 6.07) is 7.78. The summed E-state index contributed by atoms with van der Waals surface area (Å²) in [7, 11) is 1.43. The number of piperidine rings is 1. The first-order valence-electron chi connectivity index (χ1n) is 9.20. The lowest BCUT2D eigenvalue weighted by Crippen LogP contribution is -2.51. The van der Waals surface area contributed by atoms with Gasteiger partial charge < -0.3 is 9.64 Å². The van der Waals surface area contributed by atoms with Gasteiger partial charge in [0.2, 0.25) is 5.91 Å². The molecule has 0 spiro atoms. The molecule has 1 amide bonds. The highest BCUT2D eigenvalue weighted by Crippen LogP contribution is 2.42. The zero-order valence-corrected chi connectivity index (χ0v) is 15.6. The summed E-state index contributed by atoms with van der Waals surface area (Å²) >= 11 is 6.21. The fourth-order valence-corrected chi connectivity index (χ4v) is 4.55. The molecule has 1 aromatic carbocycles. The van der Waals surface area contributed by atoms with Gasteiger partial charge in [-0.15, -0.1) is 0 Å². The van der Waals surface area contributed by atoms with Gasteiger partial charge in [-0.2, -0.15) is 0 Å². The van der Waals surface area contributed by atoms with Crippen LogP contribution in [0.25, 0.3) is 0 Å². The predicted octanol–water partition coefficient (Wildman–Crippen LogP) is 3.95. The van der Waals surface area contributed by atoms with Crippen LogP contribution in [0.3, 0.4) is 0 Å². The smallest absolute Gasteiger partial charge is 0.308 e. The Morgan fingerprint density at radius 2 is 1.84 bits per heavy atom. The number of esters is 1. The molecule has 1 aliphatic heterocycles. The van der Waals surface area contributed by atoms with E-state index in [2.05, 4.69) is 0 Å². The van der Waals surface area contributed by atoms with Gasteiger partial charge in [0.05, 0.1) is 18.4 Å². The summed E-state index contributed by atoms with van der Waals surface area (Å²) in [5.74, 6) is -0.0328. The second kappa shape index (κ2) is 7.77. The van der Waals surface area contributed by atoms with E-state index in [9.17, 15) is 9.59 Å². The summed E-state index contributed by atoms with van der Waals surface area (Å²) in [5.41, 5.74) is 0.584. The number of ether oxygens (including phenoxy) is 1. The Bertz CT molecular complexity index is 632. The molecule has 1 saturated heterocycles. The van der Waals surface area contributed by atoms with Crippen molar-refractivity contribution < 1.29 is 14.3 Å². The standard InChI is InChI=1S/C20H26ClNO3/c1-25-18(23)15-8-12-22(13-9-15)19(24)20(10-3-2-4-11-20)16-6-5-7-17(21)14-16/h5-7,14-15H,2-4,8-13H2,1H3. The maximum absolute atomic E-state index is 13.5. The minimum absolute atomic E-state index is 0.0810. The quantitative estimate of drug-likeness (QED) is 0.764. The third kappa shape index (κ3) is 3.69. The largest absolute Gasteiger partial charge is 0.469 e. The van der Waals surface area contributed by atoms with Gasteiger partial charge in [0.15, 0.2) is 0 Å². The maximum Gasteiger partial charge on any atom is 0.308 e. The molecule has 2 fully saturated rings. The summed E-state index contributed by atoms with van der Waals surface area (Å²) < 4.78 is 4.85. The molecule has 25 heavy (non-hydrogen) atoms. The number of likely N-dealkylation sites (tertiary alicyclic amines) is 1. The monoisotopic (exact) mass is 363 g/mol. The lowest BCUT2D eigenvalue weighted by atomic mass is 9.68. The van der Waals surface area contributed by atoms with Crippen molar-refractivity contribution >= 4 is 23.5 Å². The second-order valence-corrected chi connectivity index (χ2v) is 7.68. The number of hydrogen-bond donors (Lipinski definition) is 0. The molecule has 1 aromatic rings. The normalized spacial score (nSPS) is 21.0. The first kappa shape index (κ1) is 18.2. The Labute approximate surface area is 154 Å². The Morgan fingerprint density at radius 3 is 2.44 bits per heavy atom. The number of benzene rings is 1. The van der Waals surface area contributed by atoms with Crippen molar-refractivity contribution in [2.24, 2.45) is 5.92 Å². The van der Waals surface area contributed by atoms with Crippen LogP contribution in [0.5, 0.6) is 0 Å². The van der Waals surface area contributed by atoms with E-state index >= 15 is 0 Å². The third-order valence-electron chi connectivity index (χ3n) is 5.81. The van der Waals surface area contributed by atoms with Crippen molar-refractivity contribution in [1.29, 1.82) is 0 Å². The molecule has 2 aliphatic rings. The zero-order valence-electron chi connectivity index (χ0n) is 14.8. The number of nitrogens with zero attached hydrogens (tertiary/aromatic N) is 1.